The van der Waals surface area contributed by atoms with Crippen molar-refractivity contribution in [1.82, 2.24) is 5.32 Å². The van der Waals surface area contributed by atoms with Gasteiger partial charge in [-0.2, -0.15) is 0 Å². The molecule has 0 radical (unpaired) electrons. The van der Waals surface area contributed by atoms with Gasteiger partial charge < -0.3 is 20.3 Å². The topological polar surface area (TPSA) is 78.8 Å². The van der Waals surface area contributed by atoms with Crippen LogP contribution in [0.15, 0.2) is 73.3 Å². The summed E-state index contributed by atoms with van der Waals surface area (Å²) in [5.41, 5.74) is 4.57. The Morgan fingerprint density at radius 3 is 2.32 bits per heavy atom. The molecule has 28 heavy (non-hydrogen) atoms. The van der Waals surface area contributed by atoms with Crippen LogP contribution < -0.4 is 5.32 Å². The van der Waals surface area contributed by atoms with Gasteiger partial charge in [0.15, 0.2) is 0 Å². The Morgan fingerprint density at radius 1 is 1.14 bits per heavy atom. The average Bonchev–Trinajstić information content (AvgIpc) is 3.04. The van der Waals surface area contributed by atoms with Crippen LogP contribution in [0.5, 0.6) is 0 Å². The van der Waals surface area contributed by atoms with Crippen molar-refractivity contribution in [3.8, 4) is 11.1 Å². The molecular formula is C23H25NO4. The van der Waals surface area contributed by atoms with Crippen LogP contribution in [0.4, 0.5) is 4.79 Å². The fraction of sp³-hybridized carbons (Fsp3) is 0.261. The third-order valence-corrected chi connectivity index (χ3v) is 4.96. The summed E-state index contributed by atoms with van der Waals surface area (Å²) in [6, 6.07) is 15.4. The quantitative estimate of drug-likeness (QED) is 0.615. The van der Waals surface area contributed by atoms with Crippen LogP contribution in [0, 0.1) is 0 Å². The Bertz CT molecular complexity index is 816. The van der Waals surface area contributed by atoms with Crippen molar-refractivity contribution in [2.24, 2.45) is 0 Å². The van der Waals surface area contributed by atoms with E-state index in [-0.39, 0.29) is 19.1 Å². The summed E-state index contributed by atoms with van der Waals surface area (Å²) in [5, 5.41) is 22.1. The zero-order chi connectivity index (χ0) is 19.9. The van der Waals surface area contributed by atoms with E-state index in [1.54, 1.807) is 18.2 Å². The van der Waals surface area contributed by atoms with E-state index in [0.29, 0.717) is 6.42 Å². The molecule has 0 aliphatic heterocycles. The lowest BCUT2D eigenvalue weighted by atomic mass is 9.98. The normalized spacial score (nSPS) is 14.9. The molecule has 2 aromatic carbocycles. The molecular weight excluding hydrogens is 354 g/mol. The van der Waals surface area contributed by atoms with E-state index in [9.17, 15) is 15.0 Å². The van der Waals surface area contributed by atoms with E-state index in [1.165, 1.54) is 0 Å². The van der Waals surface area contributed by atoms with Gasteiger partial charge in [0.1, 0.15) is 6.61 Å². The van der Waals surface area contributed by atoms with Gasteiger partial charge in [-0.15, -0.1) is 0 Å². The first-order valence-corrected chi connectivity index (χ1v) is 9.33. The largest absolute Gasteiger partial charge is 0.449 e. The van der Waals surface area contributed by atoms with Crippen LogP contribution in [0.2, 0.25) is 0 Å². The monoisotopic (exact) mass is 379 g/mol. The van der Waals surface area contributed by atoms with Gasteiger partial charge in [0.2, 0.25) is 0 Å². The van der Waals surface area contributed by atoms with Crippen molar-refractivity contribution in [2.45, 2.75) is 24.5 Å². The number of carbonyl (C=O) groups excluding carboxylic acids is 1. The molecule has 2 atom stereocenters. The number of aliphatic hydroxyl groups is 2. The fourth-order valence-corrected chi connectivity index (χ4v) is 3.53. The fourth-order valence-electron chi connectivity index (χ4n) is 3.53. The number of ether oxygens (including phenoxy) is 1. The number of amides is 1. The maximum Gasteiger partial charge on any atom is 0.407 e. The number of carbonyl (C=O) groups is 1. The molecule has 1 aliphatic carbocycles. The Morgan fingerprint density at radius 2 is 1.75 bits per heavy atom. The lowest BCUT2D eigenvalue weighted by Gasteiger charge is -2.22. The van der Waals surface area contributed by atoms with Gasteiger partial charge in [0, 0.05) is 5.92 Å². The van der Waals surface area contributed by atoms with Crippen molar-refractivity contribution >= 4 is 6.09 Å². The molecule has 0 saturated carbocycles. The molecule has 0 bridgehead atoms. The van der Waals surface area contributed by atoms with Gasteiger partial charge in [0.25, 0.3) is 0 Å². The van der Waals surface area contributed by atoms with E-state index < -0.39 is 18.2 Å². The predicted octanol–water partition coefficient (Wildman–Crippen LogP) is 3.38. The molecule has 0 heterocycles. The maximum atomic E-state index is 12.2. The second-order valence-electron chi connectivity index (χ2n) is 6.73. The molecule has 1 amide bonds. The first-order chi connectivity index (χ1) is 13.7. The first kappa shape index (κ1) is 19.9. The first-order valence-electron chi connectivity index (χ1n) is 9.33. The zero-order valence-corrected chi connectivity index (χ0v) is 15.6. The van der Waals surface area contributed by atoms with Crippen molar-refractivity contribution in [1.29, 1.82) is 0 Å². The van der Waals surface area contributed by atoms with Gasteiger partial charge >= 0.3 is 6.09 Å². The summed E-state index contributed by atoms with van der Waals surface area (Å²) >= 11 is 0. The highest BCUT2D eigenvalue weighted by Gasteiger charge is 2.29. The van der Waals surface area contributed by atoms with E-state index in [0.717, 1.165) is 22.3 Å². The molecule has 5 nitrogen and oxygen atoms in total. The van der Waals surface area contributed by atoms with Gasteiger partial charge in [0.05, 0.1) is 18.8 Å². The summed E-state index contributed by atoms with van der Waals surface area (Å²) in [5.74, 6) is -0.0359. The lowest BCUT2D eigenvalue weighted by Crippen LogP contribution is -2.46. The number of hydrogen-bond donors (Lipinski definition) is 3. The Balaban J connectivity index is 1.63. The Hall–Kier alpha value is -2.89. The number of aliphatic hydroxyl groups excluding tert-OH is 2. The molecule has 1 aliphatic rings. The van der Waals surface area contributed by atoms with Crippen LogP contribution in [-0.4, -0.2) is 41.7 Å². The summed E-state index contributed by atoms with van der Waals surface area (Å²) in [4.78, 5) is 12.2. The molecule has 0 saturated heterocycles. The number of alkyl carbamates (subject to hydrolysis) is 1. The van der Waals surface area contributed by atoms with Crippen molar-refractivity contribution < 1.29 is 19.7 Å². The lowest BCUT2D eigenvalue weighted by molar-refractivity contribution is 0.0791. The van der Waals surface area contributed by atoms with E-state index >= 15 is 0 Å². The third kappa shape index (κ3) is 4.32. The van der Waals surface area contributed by atoms with Crippen LogP contribution >= 0.6 is 0 Å². The van der Waals surface area contributed by atoms with E-state index in [1.807, 2.05) is 36.4 Å². The summed E-state index contributed by atoms with van der Waals surface area (Å²) < 4.78 is 5.44. The molecule has 0 fully saturated rings. The number of allylic oxidation sites excluding steroid dienone is 2. The Kier molecular flexibility index (Phi) is 6.63. The van der Waals surface area contributed by atoms with E-state index in [4.69, 9.17) is 4.74 Å². The van der Waals surface area contributed by atoms with Gasteiger partial charge in [-0.25, -0.2) is 4.79 Å². The second-order valence-corrected chi connectivity index (χ2v) is 6.73. The van der Waals surface area contributed by atoms with Crippen molar-refractivity contribution in [3.05, 3.63) is 84.5 Å². The minimum Gasteiger partial charge on any atom is -0.449 e. The highest BCUT2D eigenvalue weighted by Crippen LogP contribution is 2.44. The number of rotatable bonds is 8. The van der Waals surface area contributed by atoms with Gasteiger partial charge in [-0.05, 0) is 28.7 Å². The van der Waals surface area contributed by atoms with Gasteiger partial charge in [-0.1, -0.05) is 73.3 Å². The highest BCUT2D eigenvalue weighted by molar-refractivity contribution is 5.79. The Labute approximate surface area is 165 Å². The van der Waals surface area contributed by atoms with Crippen molar-refractivity contribution in [2.75, 3.05) is 13.2 Å². The standard InChI is InChI=1S/C23H25NO4/c1-2-3-4-13-22(26)21(14-25)24-23(27)28-15-20-18-11-7-5-9-16(18)17-10-6-8-12-19(17)20/h2-12,20-22,25-26H,1,13-15H2,(H,24,27)/b4-3+/t21-,22?/m0/s1. The minimum absolute atomic E-state index is 0.0359. The predicted molar refractivity (Wildman–Crippen MR) is 109 cm³/mol. The number of fused-ring (bicyclic) bond motifs is 3. The SMILES string of the molecule is C=C/C=C/CC(O)[C@H](CO)NC(=O)OCC1c2ccccc2-c2ccccc21. The summed E-state index contributed by atoms with van der Waals surface area (Å²) in [6.07, 6.45) is 3.74. The average molecular weight is 379 g/mol. The number of nitrogens with one attached hydrogen (secondary N) is 1. The van der Waals surface area contributed by atoms with Crippen molar-refractivity contribution in [3.63, 3.8) is 0 Å². The van der Waals surface area contributed by atoms with Crippen LogP contribution in [0.25, 0.3) is 11.1 Å². The summed E-state index contributed by atoms with van der Waals surface area (Å²) in [6.45, 7) is 3.36. The van der Waals surface area contributed by atoms with Crippen LogP contribution in [-0.2, 0) is 4.74 Å². The molecule has 146 valence electrons. The molecule has 0 spiro atoms. The number of hydrogen-bond acceptors (Lipinski definition) is 4. The smallest absolute Gasteiger partial charge is 0.407 e. The maximum absolute atomic E-state index is 12.2. The molecule has 2 aromatic rings. The molecule has 5 heteroatoms. The number of benzene rings is 2. The minimum atomic E-state index is -0.915. The second kappa shape index (κ2) is 9.35. The molecule has 1 unspecified atom stereocenters. The van der Waals surface area contributed by atoms with E-state index in [2.05, 4.69) is 24.0 Å². The zero-order valence-electron chi connectivity index (χ0n) is 15.6. The molecule has 3 rings (SSSR count). The third-order valence-electron chi connectivity index (χ3n) is 4.96. The van der Waals surface area contributed by atoms with Crippen LogP contribution in [0.3, 0.4) is 0 Å². The highest BCUT2D eigenvalue weighted by atomic mass is 16.5. The molecule has 3 N–H and O–H groups in total. The van der Waals surface area contributed by atoms with Gasteiger partial charge in [-0.3, -0.25) is 0 Å². The summed E-state index contributed by atoms with van der Waals surface area (Å²) in [7, 11) is 0. The molecule has 0 aromatic heterocycles. The van der Waals surface area contributed by atoms with Crippen LogP contribution in [0.1, 0.15) is 23.5 Å².